The lowest BCUT2D eigenvalue weighted by atomic mass is 9.95. The molecule has 0 saturated carbocycles. The van der Waals surface area contributed by atoms with Crippen molar-refractivity contribution in [1.29, 1.82) is 0 Å². The molecule has 2 saturated heterocycles. The average molecular weight is 318 g/mol. The molecule has 2 aliphatic rings. The first-order chi connectivity index (χ1) is 9.77. The van der Waals surface area contributed by atoms with Gasteiger partial charge in [0.15, 0.2) is 0 Å². The number of rotatable bonds is 4. The topological polar surface area (TPSA) is 101 Å². The molecule has 2 rings (SSSR count). The lowest BCUT2D eigenvalue weighted by molar-refractivity contribution is -0.198. The summed E-state index contributed by atoms with van der Waals surface area (Å²) in [5.74, 6) is -1.62. The Kier molecular flexibility index (Phi) is 4.62. The molecule has 0 aromatic carbocycles. The van der Waals surface area contributed by atoms with Gasteiger partial charge in [0.1, 0.15) is 0 Å². The van der Waals surface area contributed by atoms with Gasteiger partial charge in [0, 0.05) is 25.9 Å². The highest BCUT2D eigenvalue weighted by Gasteiger charge is 2.34. The Hall–Kier alpha value is -1.48. The van der Waals surface area contributed by atoms with E-state index < -0.39 is 27.8 Å². The van der Waals surface area contributed by atoms with E-state index in [0.717, 1.165) is 6.26 Å². The Labute approximate surface area is 123 Å². The zero-order chi connectivity index (χ0) is 15.6. The molecule has 118 valence electrons. The minimum Gasteiger partial charge on any atom is -0.330 e. The maximum absolute atomic E-state index is 11.7. The van der Waals surface area contributed by atoms with Crippen LogP contribution in [0.25, 0.3) is 0 Å². The number of carbonyl (C=O) groups is 3. The molecule has 0 radical (unpaired) electrons. The van der Waals surface area contributed by atoms with Gasteiger partial charge >= 0.3 is 5.97 Å². The second kappa shape index (κ2) is 6.10. The largest absolute Gasteiger partial charge is 0.333 e. The van der Waals surface area contributed by atoms with Gasteiger partial charge in [0.05, 0.1) is 12.7 Å². The molecule has 21 heavy (non-hydrogen) atoms. The lowest BCUT2D eigenvalue weighted by Gasteiger charge is -2.29. The smallest absolute Gasteiger partial charge is 0.330 e. The summed E-state index contributed by atoms with van der Waals surface area (Å²) >= 11 is 0. The van der Waals surface area contributed by atoms with E-state index in [4.69, 9.17) is 4.84 Å². The highest BCUT2D eigenvalue weighted by atomic mass is 32.2. The summed E-state index contributed by atoms with van der Waals surface area (Å²) in [6.45, 7) is 0.747. The summed E-state index contributed by atoms with van der Waals surface area (Å²) in [4.78, 5) is 39.2. The molecule has 2 aliphatic heterocycles. The van der Waals surface area contributed by atoms with E-state index in [9.17, 15) is 22.8 Å². The SMILES string of the molecule is CS(=O)(=O)N1CCC(CC(=O)ON2C(=O)CCC2=O)CC1. The first kappa shape index (κ1) is 15.9. The Morgan fingerprint density at radius 3 is 2.19 bits per heavy atom. The van der Waals surface area contributed by atoms with Crippen molar-refractivity contribution < 1.29 is 27.6 Å². The Balaban J connectivity index is 1.80. The van der Waals surface area contributed by atoms with Crippen LogP contribution in [0.1, 0.15) is 32.1 Å². The average Bonchev–Trinajstić information content (AvgIpc) is 2.70. The first-order valence-corrected chi connectivity index (χ1v) is 8.64. The highest BCUT2D eigenvalue weighted by molar-refractivity contribution is 7.88. The number of imide groups is 1. The van der Waals surface area contributed by atoms with Crippen LogP contribution >= 0.6 is 0 Å². The van der Waals surface area contributed by atoms with Crippen molar-refractivity contribution >= 4 is 27.8 Å². The quantitative estimate of drug-likeness (QED) is 0.657. The van der Waals surface area contributed by atoms with Gasteiger partial charge < -0.3 is 4.84 Å². The minimum absolute atomic E-state index is 0.00306. The predicted octanol–water partition coefficient (Wildman–Crippen LogP) is -0.345. The van der Waals surface area contributed by atoms with E-state index in [-0.39, 0.29) is 25.2 Å². The zero-order valence-corrected chi connectivity index (χ0v) is 12.6. The molecule has 0 aliphatic carbocycles. The van der Waals surface area contributed by atoms with Crippen molar-refractivity contribution in [2.24, 2.45) is 5.92 Å². The summed E-state index contributed by atoms with van der Waals surface area (Å²) in [6.07, 6.45) is 2.49. The Morgan fingerprint density at radius 2 is 1.71 bits per heavy atom. The number of amides is 2. The molecule has 2 amide bonds. The third-order valence-corrected chi connectivity index (χ3v) is 5.00. The van der Waals surface area contributed by atoms with E-state index in [1.54, 1.807) is 0 Å². The molecule has 0 aromatic rings. The summed E-state index contributed by atoms with van der Waals surface area (Å²) < 4.78 is 24.1. The van der Waals surface area contributed by atoms with Gasteiger partial charge in [-0.15, -0.1) is 5.06 Å². The van der Waals surface area contributed by atoms with E-state index >= 15 is 0 Å². The summed E-state index contributed by atoms with van der Waals surface area (Å²) in [7, 11) is -3.19. The third-order valence-electron chi connectivity index (χ3n) is 3.70. The Bertz CT molecular complexity index is 534. The summed E-state index contributed by atoms with van der Waals surface area (Å²) in [5, 5.41) is 0.536. The molecular formula is C12H18N2O6S. The minimum atomic E-state index is -3.19. The molecule has 0 unspecified atom stereocenters. The van der Waals surface area contributed by atoms with Crippen molar-refractivity contribution in [2.45, 2.75) is 32.1 Å². The second-order valence-corrected chi connectivity index (χ2v) is 7.34. The fourth-order valence-corrected chi connectivity index (χ4v) is 3.35. The normalized spacial score (nSPS) is 21.9. The van der Waals surface area contributed by atoms with Crippen LogP contribution in [0, 0.1) is 5.92 Å². The third kappa shape index (κ3) is 4.01. The standard InChI is InChI=1S/C12H18N2O6S/c1-21(18,19)13-6-4-9(5-7-13)8-12(17)20-14-10(15)2-3-11(14)16/h9H,2-8H2,1H3. The first-order valence-electron chi connectivity index (χ1n) is 6.79. The number of hydrogen-bond acceptors (Lipinski definition) is 6. The van der Waals surface area contributed by atoms with Gasteiger partial charge in [-0.2, -0.15) is 0 Å². The van der Waals surface area contributed by atoms with E-state index in [2.05, 4.69) is 0 Å². The van der Waals surface area contributed by atoms with Crippen molar-refractivity contribution in [1.82, 2.24) is 9.37 Å². The zero-order valence-electron chi connectivity index (χ0n) is 11.8. The van der Waals surface area contributed by atoms with E-state index in [1.807, 2.05) is 0 Å². The van der Waals surface area contributed by atoms with Crippen molar-refractivity contribution in [3.8, 4) is 0 Å². The van der Waals surface area contributed by atoms with Crippen LogP contribution in [-0.2, 0) is 29.2 Å². The van der Waals surface area contributed by atoms with Gasteiger partial charge in [-0.05, 0) is 18.8 Å². The molecule has 0 bridgehead atoms. The number of piperidine rings is 1. The summed E-state index contributed by atoms with van der Waals surface area (Å²) in [6, 6.07) is 0. The van der Waals surface area contributed by atoms with Crippen LogP contribution in [0.3, 0.4) is 0 Å². The monoisotopic (exact) mass is 318 g/mol. The van der Waals surface area contributed by atoms with Crippen molar-refractivity contribution in [3.05, 3.63) is 0 Å². The lowest BCUT2D eigenvalue weighted by Crippen LogP contribution is -2.39. The predicted molar refractivity (Wildman–Crippen MR) is 70.9 cm³/mol. The van der Waals surface area contributed by atoms with Crippen LogP contribution in [0.2, 0.25) is 0 Å². The number of hydroxylamine groups is 2. The van der Waals surface area contributed by atoms with Gasteiger partial charge in [-0.1, -0.05) is 0 Å². The second-order valence-electron chi connectivity index (χ2n) is 5.35. The fourth-order valence-electron chi connectivity index (χ4n) is 2.48. The van der Waals surface area contributed by atoms with Crippen LogP contribution in [0.4, 0.5) is 0 Å². The number of sulfonamides is 1. The van der Waals surface area contributed by atoms with Crippen LogP contribution in [-0.4, -0.2) is 54.9 Å². The van der Waals surface area contributed by atoms with E-state index in [1.165, 1.54) is 4.31 Å². The maximum atomic E-state index is 11.7. The van der Waals surface area contributed by atoms with Gasteiger partial charge in [-0.25, -0.2) is 17.5 Å². The van der Waals surface area contributed by atoms with Crippen LogP contribution < -0.4 is 0 Å². The molecule has 9 heteroatoms. The molecule has 0 spiro atoms. The van der Waals surface area contributed by atoms with Crippen LogP contribution in [0.15, 0.2) is 0 Å². The van der Waals surface area contributed by atoms with Crippen molar-refractivity contribution in [2.75, 3.05) is 19.3 Å². The Morgan fingerprint density at radius 1 is 1.19 bits per heavy atom. The van der Waals surface area contributed by atoms with E-state index in [0.29, 0.717) is 31.0 Å². The molecule has 0 atom stereocenters. The number of carbonyl (C=O) groups excluding carboxylic acids is 3. The van der Waals surface area contributed by atoms with Crippen LogP contribution in [0.5, 0.6) is 0 Å². The van der Waals surface area contributed by atoms with Gasteiger partial charge in [-0.3, -0.25) is 9.59 Å². The molecule has 0 aromatic heterocycles. The fraction of sp³-hybridized carbons (Fsp3) is 0.750. The highest BCUT2D eigenvalue weighted by Crippen LogP contribution is 2.23. The molecule has 2 fully saturated rings. The molecule has 8 nitrogen and oxygen atoms in total. The van der Waals surface area contributed by atoms with Gasteiger partial charge in [0.2, 0.25) is 10.0 Å². The molecular weight excluding hydrogens is 300 g/mol. The van der Waals surface area contributed by atoms with Crippen molar-refractivity contribution in [3.63, 3.8) is 0 Å². The summed E-state index contributed by atoms with van der Waals surface area (Å²) in [5.41, 5.74) is 0. The number of nitrogens with zero attached hydrogens (tertiary/aromatic N) is 2. The van der Waals surface area contributed by atoms with Gasteiger partial charge in [0.25, 0.3) is 11.8 Å². The molecule has 2 heterocycles. The number of hydrogen-bond donors (Lipinski definition) is 0. The molecule has 0 N–H and O–H groups in total. The maximum Gasteiger partial charge on any atom is 0.333 e.